The molecule has 82 valence electrons. The van der Waals surface area contributed by atoms with E-state index in [0.29, 0.717) is 12.5 Å². The predicted molar refractivity (Wildman–Crippen MR) is 54.9 cm³/mol. The molecule has 0 aliphatic carbocycles. The maximum absolute atomic E-state index is 5.49. The molecule has 1 unspecified atom stereocenters. The summed E-state index contributed by atoms with van der Waals surface area (Å²) >= 11 is 0. The molecular formula is C10H15N3O2. The van der Waals surface area contributed by atoms with Crippen molar-refractivity contribution in [1.82, 2.24) is 15.3 Å². The molecule has 1 N–H and O–H groups in total. The van der Waals surface area contributed by atoms with Crippen LogP contribution in [-0.4, -0.2) is 42.4 Å². The minimum absolute atomic E-state index is 0.112. The molecule has 1 atom stereocenters. The summed E-state index contributed by atoms with van der Waals surface area (Å²) in [5, 5.41) is 3.24. The highest BCUT2D eigenvalue weighted by molar-refractivity contribution is 5.06. The van der Waals surface area contributed by atoms with Crippen molar-refractivity contribution >= 4 is 0 Å². The van der Waals surface area contributed by atoms with Crippen LogP contribution >= 0.6 is 0 Å². The fourth-order valence-electron chi connectivity index (χ4n) is 1.42. The van der Waals surface area contributed by atoms with Crippen LogP contribution in [0.2, 0.25) is 0 Å². The second-order valence-electron chi connectivity index (χ2n) is 3.51. The minimum atomic E-state index is 0.112. The number of nitrogens with zero attached hydrogens (tertiary/aromatic N) is 2. The molecule has 0 saturated carbocycles. The van der Waals surface area contributed by atoms with Crippen molar-refractivity contribution in [1.29, 1.82) is 0 Å². The first-order valence-corrected chi connectivity index (χ1v) is 5.08. The lowest BCUT2D eigenvalue weighted by atomic mass is 10.3. The van der Waals surface area contributed by atoms with Gasteiger partial charge in [0.05, 0.1) is 18.5 Å². The lowest BCUT2D eigenvalue weighted by Crippen LogP contribution is -2.41. The van der Waals surface area contributed by atoms with E-state index in [1.54, 1.807) is 12.4 Å². The van der Waals surface area contributed by atoms with Gasteiger partial charge in [-0.05, 0) is 6.92 Å². The van der Waals surface area contributed by atoms with Crippen LogP contribution in [0, 0.1) is 6.92 Å². The first-order chi connectivity index (χ1) is 7.34. The quantitative estimate of drug-likeness (QED) is 0.768. The van der Waals surface area contributed by atoms with Crippen molar-refractivity contribution in [3.63, 3.8) is 0 Å². The summed E-state index contributed by atoms with van der Waals surface area (Å²) in [5.74, 6) is 0.559. The molecule has 0 aromatic carbocycles. The molecule has 1 aliphatic rings. The molecule has 1 fully saturated rings. The van der Waals surface area contributed by atoms with E-state index in [-0.39, 0.29) is 6.10 Å². The van der Waals surface area contributed by atoms with Gasteiger partial charge >= 0.3 is 0 Å². The fraction of sp³-hybridized carbons (Fsp3) is 0.600. The summed E-state index contributed by atoms with van der Waals surface area (Å²) < 4.78 is 11.0. The van der Waals surface area contributed by atoms with Crippen LogP contribution in [0.1, 0.15) is 5.69 Å². The number of hydrogen-bond donors (Lipinski definition) is 1. The van der Waals surface area contributed by atoms with Crippen LogP contribution in [0.25, 0.3) is 0 Å². The summed E-state index contributed by atoms with van der Waals surface area (Å²) in [5.41, 5.74) is 0.857. The van der Waals surface area contributed by atoms with Gasteiger partial charge < -0.3 is 14.8 Å². The molecule has 1 aromatic heterocycles. The first kappa shape index (κ1) is 10.3. The third-order valence-electron chi connectivity index (χ3n) is 2.15. The standard InChI is InChI=1S/C10H15N3O2/c1-8-4-12-6-10(13-8)15-7-9-5-11-2-3-14-9/h4,6,9,11H,2-3,5,7H2,1H3. The van der Waals surface area contributed by atoms with E-state index in [1.807, 2.05) is 6.92 Å². The van der Waals surface area contributed by atoms with Crippen molar-refractivity contribution in [2.75, 3.05) is 26.3 Å². The number of morpholine rings is 1. The number of nitrogens with one attached hydrogen (secondary N) is 1. The van der Waals surface area contributed by atoms with Crippen LogP contribution in [0.4, 0.5) is 0 Å². The molecule has 1 aromatic rings. The Labute approximate surface area is 88.8 Å². The smallest absolute Gasteiger partial charge is 0.232 e. The molecule has 1 saturated heterocycles. The average molecular weight is 209 g/mol. The summed E-state index contributed by atoms with van der Waals surface area (Å²) in [6.45, 7) is 4.90. The summed E-state index contributed by atoms with van der Waals surface area (Å²) in [7, 11) is 0. The van der Waals surface area contributed by atoms with E-state index in [0.717, 1.165) is 25.4 Å². The third kappa shape index (κ3) is 3.14. The van der Waals surface area contributed by atoms with Gasteiger partial charge in [0.1, 0.15) is 12.7 Å². The van der Waals surface area contributed by atoms with Crippen molar-refractivity contribution in [2.24, 2.45) is 0 Å². The Hall–Kier alpha value is -1.20. The van der Waals surface area contributed by atoms with Gasteiger partial charge in [0, 0.05) is 19.3 Å². The Morgan fingerprint density at radius 3 is 3.27 bits per heavy atom. The van der Waals surface area contributed by atoms with E-state index in [1.165, 1.54) is 0 Å². The number of rotatable bonds is 3. The average Bonchev–Trinajstić information content (AvgIpc) is 2.28. The molecule has 15 heavy (non-hydrogen) atoms. The third-order valence-corrected chi connectivity index (χ3v) is 2.15. The second-order valence-corrected chi connectivity index (χ2v) is 3.51. The van der Waals surface area contributed by atoms with Crippen LogP contribution in [0.3, 0.4) is 0 Å². The Kier molecular flexibility index (Phi) is 3.47. The van der Waals surface area contributed by atoms with Crippen LogP contribution in [-0.2, 0) is 4.74 Å². The summed E-state index contributed by atoms with van der Waals surface area (Å²) in [6, 6.07) is 0. The van der Waals surface area contributed by atoms with Gasteiger partial charge in [-0.1, -0.05) is 0 Å². The highest BCUT2D eigenvalue weighted by Crippen LogP contribution is 2.06. The van der Waals surface area contributed by atoms with Crippen LogP contribution in [0.5, 0.6) is 5.88 Å². The molecule has 0 spiro atoms. The second kappa shape index (κ2) is 5.04. The van der Waals surface area contributed by atoms with E-state index in [4.69, 9.17) is 9.47 Å². The molecule has 5 heteroatoms. The molecule has 5 nitrogen and oxygen atoms in total. The molecule has 2 rings (SSSR count). The number of aryl methyl sites for hydroxylation is 1. The van der Waals surface area contributed by atoms with Gasteiger partial charge in [0.25, 0.3) is 0 Å². The van der Waals surface area contributed by atoms with Gasteiger partial charge in [0.15, 0.2) is 0 Å². The monoisotopic (exact) mass is 209 g/mol. The molecule has 0 radical (unpaired) electrons. The maximum atomic E-state index is 5.49. The molecular weight excluding hydrogens is 194 g/mol. The Bertz CT molecular complexity index is 313. The van der Waals surface area contributed by atoms with Gasteiger partial charge in [-0.25, -0.2) is 4.98 Å². The Morgan fingerprint density at radius 1 is 1.60 bits per heavy atom. The highest BCUT2D eigenvalue weighted by atomic mass is 16.5. The van der Waals surface area contributed by atoms with Crippen molar-refractivity contribution in [3.05, 3.63) is 18.1 Å². The fourth-order valence-corrected chi connectivity index (χ4v) is 1.42. The van der Waals surface area contributed by atoms with Gasteiger partial charge in [-0.2, -0.15) is 0 Å². The first-order valence-electron chi connectivity index (χ1n) is 5.08. The maximum Gasteiger partial charge on any atom is 0.232 e. The highest BCUT2D eigenvalue weighted by Gasteiger charge is 2.14. The number of ether oxygens (including phenoxy) is 2. The SMILES string of the molecule is Cc1cncc(OCC2CNCCO2)n1. The van der Waals surface area contributed by atoms with E-state index < -0.39 is 0 Å². The largest absolute Gasteiger partial charge is 0.474 e. The minimum Gasteiger partial charge on any atom is -0.474 e. The lowest BCUT2D eigenvalue weighted by molar-refractivity contribution is -0.000852. The van der Waals surface area contributed by atoms with Crippen molar-refractivity contribution in [3.8, 4) is 5.88 Å². The summed E-state index contributed by atoms with van der Waals surface area (Å²) in [4.78, 5) is 8.20. The topological polar surface area (TPSA) is 56.3 Å². The normalized spacial score (nSPS) is 21.3. The Morgan fingerprint density at radius 2 is 2.53 bits per heavy atom. The lowest BCUT2D eigenvalue weighted by Gasteiger charge is -2.23. The molecule has 0 bridgehead atoms. The predicted octanol–water partition coefficient (Wildman–Crippen LogP) is 0.152. The van der Waals surface area contributed by atoms with E-state index in [9.17, 15) is 0 Å². The van der Waals surface area contributed by atoms with Gasteiger partial charge in [-0.3, -0.25) is 4.98 Å². The number of hydrogen-bond acceptors (Lipinski definition) is 5. The van der Waals surface area contributed by atoms with Crippen LogP contribution in [0.15, 0.2) is 12.4 Å². The van der Waals surface area contributed by atoms with Gasteiger partial charge in [0.2, 0.25) is 5.88 Å². The van der Waals surface area contributed by atoms with E-state index in [2.05, 4.69) is 15.3 Å². The van der Waals surface area contributed by atoms with Crippen molar-refractivity contribution < 1.29 is 9.47 Å². The van der Waals surface area contributed by atoms with Crippen molar-refractivity contribution in [2.45, 2.75) is 13.0 Å². The van der Waals surface area contributed by atoms with Crippen LogP contribution < -0.4 is 10.1 Å². The molecule has 1 aliphatic heterocycles. The van der Waals surface area contributed by atoms with Gasteiger partial charge in [-0.15, -0.1) is 0 Å². The zero-order valence-corrected chi connectivity index (χ0v) is 8.77. The zero-order valence-electron chi connectivity index (χ0n) is 8.77. The Balaban J connectivity index is 1.81. The van der Waals surface area contributed by atoms with E-state index >= 15 is 0 Å². The molecule has 2 heterocycles. The zero-order chi connectivity index (χ0) is 10.5. The number of aromatic nitrogens is 2. The summed E-state index contributed by atoms with van der Waals surface area (Å²) in [6.07, 6.45) is 3.43. The molecule has 0 amide bonds.